The van der Waals surface area contributed by atoms with E-state index in [1.807, 2.05) is 36.4 Å². The van der Waals surface area contributed by atoms with Crippen LogP contribution in [0.1, 0.15) is 22.3 Å². The molecular weight excluding hydrogens is 753 g/mol. The first-order valence-corrected chi connectivity index (χ1v) is 21.2. The van der Waals surface area contributed by atoms with E-state index in [0.717, 1.165) is 27.9 Å². The van der Waals surface area contributed by atoms with Crippen LogP contribution in [-0.4, -0.2) is 19.5 Å². The molecule has 2 aromatic heterocycles. The van der Waals surface area contributed by atoms with Crippen LogP contribution in [0, 0.1) is 0 Å². The van der Waals surface area contributed by atoms with Crippen LogP contribution in [0.5, 0.6) is 0 Å². The van der Waals surface area contributed by atoms with Gasteiger partial charge in [-0.25, -0.2) is 15.0 Å². The number of rotatable bonds is 5. The zero-order valence-corrected chi connectivity index (χ0v) is 33.6. The largest absolute Gasteiger partial charge is 0.309 e. The van der Waals surface area contributed by atoms with Gasteiger partial charge in [-0.05, 0) is 92.0 Å². The molecule has 4 heteroatoms. The lowest BCUT2D eigenvalue weighted by molar-refractivity contribution is 0.794. The van der Waals surface area contributed by atoms with E-state index in [9.17, 15) is 0 Å². The van der Waals surface area contributed by atoms with Crippen molar-refractivity contribution in [1.29, 1.82) is 0 Å². The molecule has 0 radical (unpaired) electrons. The SMILES string of the molecule is c1ccc(-c2ccc(-c3nc(-c4ccccc4)nc(-c4ccc(-n5c6ccccc6c6c7c(ccc65)C5(c6ccccc6-c6ccccc65)c5ccccc5-7)cc4)n3)cc2)cc1. The summed E-state index contributed by atoms with van der Waals surface area (Å²) in [7, 11) is 0. The number of benzene rings is 9. The van der Waals surface area contributed by atoms with Crippen molar-refractivity contribution in [3.05, 3.63) is 241 Å². The highest BCUT2D eigenvalue weighted by molar-refractivity contribution is 6.19. The Morgan fingerprint density at radius 3 is 1.35 bits per heavy atom. The molecule has 0 unspecified atom stereocenters. The van der Waals surface area contributed by atoms with Crippen LogP contribution >= 0.6 is 0 Å². The normalized spacial score (nSPS) is 13.0. The minimum atomic E-state index is -0.399. The molecule has 9 aromatic carbocycles. The van der Waals surface area contributed by atoms with Gasteiger partial charge in [0.25, 0.3) is 0 Å². The minimum absolute atomic E-state index is 0.399. The highest BCUT2D eigenvalue weighted by Crippen LogP contribution is 2.64. The van der Waals surface area contributed by atoms with Crippen LogP contribution in [0.3, 0.4) is 0 Å². The Hall–Kier alpha value is -8.21. The average molecular weight is 789 g/mol. The lowest BCUT2D eigenvalue weighted by Crippen LogP contribution is -2.25. The fraction of sp³-hybridized carbons (Fsp3) is 0.0172. The summed E-state index contributed by atoms with van der Waals surface area (Å²) in [5, 5.41) is 2.52. The van der Waals surface area contributed by atoms with E-state index in [1.54, 1.807) is 0 Å². The second-order valence-corrected chi connectivity index (χ2v) is 16.3. The average Bonchev–Trinajstić information content (AvgIpc) is 3.96. The van der Waals surface area contributed by atoms with Crippen LogP contribution in [-0.2, 0) is 5.41 Å². The summed E-state index contributed by atoms with van der Waals surface area (Å²) < 4.78 is 2.42. The number of nitrogens with zero attached hydrogens (tertiary/aromatic N) is 4. The first-order valence-electron chi connectivity index (χ1n) is 21.2. The molecule has 0 bridgehead atoms. The summed E-state index contributed by atoms with van der Waals surface area (Å²) in [6, 6.07) is 78.5. The standard InChI is InChI=1S/C58H36N4/c1-3-15-37(16-4-1)38-27-29-40(30-28-38)56-59-55(39-17-5-2-6-18-39)60-57(61-56)41-31-33-42(34-32-41)62-51-26-14-10-22-46(51)54-52(62)36-35-50-53(54)45-21-9-13-25-49(45)58(50)47-23-11-7-19-43(47)44-20-8-12-24-48(44)58/h1-36H. The number of hydrogen-bond donors (Lipinski definition) is 0. The molecule has 0 amide bonds. The van der Waals surface area contributed by atoms with Gasteiger partial charge in [0.15, 0.2) is 17.5 Å². The summed E-state index contributed by atoms with van der Waals surface area (Å²) in [6.45, 7) is 0. The summed E-state index contributed by atoms with van der Waals surface area (Å²) >= 11 is 0. The van der Waals surface area contributed by atoms with Crippen LogP contribution in [0.25, 0.3) is 95.0 Å². The zero-order chi connectivity index (χ0) is 40.8. The smallest absolute Gasteiger partial charge is 0.164 e. The van der Waals surface area contributed by atoms with Crippen molar-refractivity contribution in [2.75, 3.05) is 0 Å². The zero-order valence-electron chi connectivity index (χ0n) is 33.6. The predicted octanol–water partition coefficient (Wildman–Crippen LogP) is 14.0. The quantitative estimate of drug-likeness (QED) is 0.174. The molecule has 1 spiro atoms. The molecule has 0 N–H and O–H groups in total. The van der Waals surface area contributed by atoms with Crippen molar-refractivity contribution in [2.24, 2.45) is 0 Å². The van der Waals surface area contributed by atoms with Gasteiger partial charge in [-0.3, -0.25) is 0 Å². The van der Waals surface area contributed by atoms with Crippen molar-refractivity contribution in [3.8, 4) is 73.2 Å². The van der Waals surface area contributed by atoms with Gasteiger partial charge in [-0.15, -0.1) is 0 Å². The number of aromatic nitrogens is 4. The molecule has 2 heterocycles. The molecule has 0 saturated carbocycles. The first-order chi connectivity index (χ1) is 30.8. The van der Waals surface area contributed by atoms with E-state index >= 15 is 0 Å². The third kappa shape index (κ3) is 4.92. The molecule has 62 heavy (non-hydrogen) atoms. The van der Waals surface area contributed by atoms with E-state index < -0.39 is 5.41 Å². The molecule has 11 aromatic rings. The van der Waals surface area contributed by atoms with Crippen LogP contribution in [0.15, 0.2) is 218 Å². The van der Waals surface area contributed by atoms with Crippen LogP contribution < -0.4 is 0 Å². The molecule has 2 aliphatic rings. The predicted molar refractivity (Wildman–Crippen MR) is 252 cm³/mol. The van der Waals surface area contributed by atoms with E-state index in [0.29, 0.717) is 17.5 Å². The Bertz CT molecular complexity index is 3510. The Morgan fingerprint density at radius 2 is 0.742 bits per heavy atom. The summed E-state index contributed by atoms with van der Waals surface area (Å²) in [5.41, 5.74) is 18.8. The topological polar surface area (TPSA) is 43.6 Å². The fourth-order valence-electron chi connectivity index (χ4n) is 10.5. The van der Waals surface area contributed by atoms with Gasteiger partial charge in [0.2, 0.25) is 0 Å². The van der Waals surface area contributed by atoms with Crippen molar-refractivity contribution in [1.82, 2.24) is 19.5 Å². The van der Waals surface area contributed by atoms with E-state index in [2.05, 4.69) is 187 Å². The third-order valence-electron chi connectivity index (χ3n) is 13.1. The van der Waals surface area contributed by atoms with Crippen LogP contribution in [0.2, 0.25) is 0 Å². The highest BCUT2D eigenvalue weighted by Gasteiger charge is 2.52. The molecule has 13 rings (SSSR count). The molecule has 288 valence electrons. The maximum atomic E-state index is 5.09. The molecular formula is C58H36N4. The van der Waals surface area contributed by atoms with Gasteiger partial charge < -0.3 is 4.57 Å². The molecule has 4 nitrogen and oxygen atoms in total. The second-order valence-electron chi connectivity index (χ2n) is 16.3. The van der Waals surface area contributed by atoms with Gasteiger partial charge in [0, 0.05) is 33.2 Å². The third-order valence-corrected chi connectivity index (χ3v) is 13.1. The lowest BCUT2D eigenvalue weighted by Gasteiger charge is -2.30. The maximum Gasteiger partial charge on any atom is 0.164 e. The van der Waals surface area contributed by atoms with Gasteiger partial charge >= 0.3 is 0 Å². The molecule has 0 atom stereocenters. The van der Waals surface area contributed by atoms with E-state index in [1.165, 1.54) is 71.9 Å². The van der Waals surface area contributed by atoms with Crippen LogP contribution in [0.4, 0.5) is 0 Å². The number of fused-ring (bicyclic) bond motifs is 14. The Balaban J connectivity index is 0.967. The second kappa shape index (κ2) is 13.4. The van der Waals surface area contributed by atoms with Gasteiger partial charge in [-0.2, -0.15) is 0 Å². The molecule has 0 fully saturated rings. The minimum Gasteiger partial charge on any atom is -0.309 e. The maximum absolute atomic E-state index is 5.09. The Kier molecular flexibility index (Phi) is 7.49. The van der Waals surface area contributed by atoms with E-state index in [4.69, 9.17) is 15.0 Å². The lowest BCUT2D eigenvalue weighted by atomic mass is 9.70. The molecule has 0 aliphatic heterocycles. The molecule has 2 aliphatic carbocycles. The highest BCUT2D eigenvalue weighted by atomic mass is 15.0. The fourth-order valence-corrected chi connectivity index (χ4v) is 10.5. The Morgan fingerprint density at radius 1 is 0.306 bits per heavy atom. The van der Waals surface area contributed by atoms with Gasteiger partial charge in [0.1, 0.15) is 0 Å². The van der Waals surface area contributed by atoms with Crippen molar-refractivity contribution in [2.45, 2.75) is 5.41 Å². The van der Waals surface area contributed by atoms with Crippen molar-refractivity contribution < 1.29 is 0 Å². The monoisotopic (exact) mass is 788 g/mol. The van der Waals surface area contributed by atoms with Gasteiger partial charge in [-0.1, -0.05) is 182 Å². The number of para-hydroxylation sites is 1. The molecule has 0 saturated heterocycles. The summed E-state index contributed by atoms with van der Waals surface area (Å²) in [5.74, 6) is 1.91. The van der Waals surface area contributed by atoms with Crippen molar-refractivity contribution >= 4 is 21.8 Å². The number of hydrogen-bond acceptors (Lipinski definition) is 3. The van der Waals surface area contributed by atoms with Gasteiger partial charge in [0.05, 0.1) is 16.4 Å². The van der Waals surface area contributed by atoms with E-state index in [-0.39, 0.29) is 0 Å². The Labute approximate surface area is 359 Å². The van der Waals surface area contributed by atoms with Crippen molar-refractivity contribution in [3.63, 3.8) is 0 Å². The summed E-state index contributed by atoms with van der Waals surface area (Å²) in [4.78, 5) is 15.1. The summed E-state index contributed by atoms with van der Waals surface area (Å²) in [6.07, 6.45) is 0. The first kappa shape index (κ1) is 34.6.